The van der Waals surface area contributed by atoms with Crippen molar-refractivity contribution in [3.05, 3.63) is 0 Å². The average Bonchev–Trinajstić information content (AvgIpc) is 2.93. The molecule has 0 saturated heterocycles. The highest BCUT2D eigenvalue weighted by Gasteiger charge is 2.39. The van der Waals surface area contributed by atoms with Crippen molar-refractivity contribution in [2.75, 3.05) is 0 Å². The van der Waals surface area contributed by atoms with E-state index in [0.29, 0.717) is 0 Å². The maximum Gasteiger partial charge on any atom is 0.0481 e. The summed E-state index contributed by atoms with van der Waals surface area (Å²) < 4.78 is 0. The molecule has 41 heavy (non-hydrogen) atoms. The molecule has 0 rings (SSSR count). The van der Waals surface area contributed by atoms with E-state index in [9.17, 15) is 9.90 Å². The van der Waals surface area contributed by atoms with E-state index >= 15 is 0 Å². The Balaban J connectivity index is 0. The largest absolute Gasteiger partial charge is 0.550 e. The summed E-state index contributed by atoms with van der Waals surface area (Å²) in [6.45, 7) is 11.0. The van der Waals surface area contributed by atoms with E-state index < -0.39 is 11.4 Å². The van der Waals surface area contributed by atoms with Crippen LogP contribution in [0.1, 0.15) is 221 Å². The highest BCUT2D eigenvalue weighted by atomic mass is 16.4. The fraction of sp³-hybridized carbons (Fsp3) is 0.974. The first-order chi connectivity index (χ1) is 19.4. The Hall–Kier alpha value is -0.570. The zero-order valence-corrected chi connectivity index (χ0v) is 29.5. The van der Waals surface area contributed by atoms with Crippen LogP contribution < -0.4 is 11.3 Å². The molecule has 3 nitrogen and oxygen atoms in total. The molecule has 2 unspecified atom stereocenters. The predicted molar refractivity (Wildman–Crippen MR) is 183 cm³/mol. The van der Waals surface area contributed by atoms with Gasteiger partial charge in [-0.15, -0.1) is 0 Å². The summed E-state index contributed by atoms with van der Waals surface area (Å²) in [5.41, 5.74) is -0.658. The maximum atomic E-state index is 12.5. The van der Waals surface area contributed by atoms with E-state index in [4.69, 9.17) is 0 Å². The topological polar surface area (TPSA) is 76.6 Å². The van der Waals surface area contributed by atoms with Crippen molar-refractivity contribution >= 4 is 5.97 Å². The standard InChI is InChI=1S/C38H76O2.H3N/c1-6-8-10-12-14-16-18-20-22-24-26-28-30-32-34-38(35(3)4,37(39)40)36(5)33-31-29-27-25-23-21-19-17-15-13-11-9-7-2;/h35-36H,6-34H2,1-5H3,(H,39,40);1H3. The third kappa shape index (κ3) is 22.6. The van der Waals surface area contributed by atoms with Gasteiger partial charge in [0.1, 0.15) is 0 Å². The van der Waals surface area contributed by atoms with E-state index in [0.717, 1.165) is 19.3 Å². The monoisotopic (exact) mass is 582 g/mol. The number of carbonyl (C=O) groups is 1. The second kappa shape index (κ2) is 30.9. The van der Waals surface area contributed by atoms with Gasteiger partial charge in [0.05, 0.1) is 0 Å². The Kier molecular flexibility index (Phi) is 32.0. The van der Waals surface area contributed by atoms with Crippen LogP contribution >= 0.6 is 0 Å². The molecule has 4 N–H and O–H groups in total. The molecule has 0 aliphatic heterocycles. The average molecular weight is 582 g/mol. The Labute approximate surface area is 259 Å². The fourth-order valence-electron chi connectivity index (χ4n) is 6.98. The van der Waals surface area contributed by atoms with Crippen LogP contribution in [0.3, 0.4) is 0 Å². The molecule has 0 fully saturated rings. The summed E-state index contributed by atoms with van der Waals surface area (Å²) in [5.74, 6) is -0.456. The van der Waals surface area contributed by atoms with Crippen LogP contribution in [0, 0.1) is 17.3 Å². The molecule has 0 aromatic carbocycles. The summed E-state index contributed by atoms with van der Waals surface area (Å²) in [6.07, 6.45) is 38.2. The minimum atomic E-state index is -0.792. The first-order valence-electron chi connectivity index (χ1n) is 18.6. The lowest BCUT2D eigenvalue weighted by molar-refractivity contribution is -0.325. The summed E-state index contributed by atoms with van der Waals surface area (Å²) in [7, 11) is 0. The van der Waals surface area contributed by atoms with Gasteiger partial charge in [-0.05, 0) is 24.7 Å². The van der Waals surface area contributed by atoms with Gasteiger partial charge in [0.15, 0.2) is 0 Å². The van der Waals surface area contributed by atoms with E-state index in [2.05, 4.69) is 34.6 Å². The van der Waals surface area contributed by atoms with Gasteiger partial charge in [-0.2, -0.15) is 0 Å². The number of carboxylic acids is 1. The van der Waals surface area contributed by atoms with Gasteiger partial charge in [-0.3, -0.25) is 0 Å². The molecule has 0 aliphatic rings. The van der Waals surface area contributed by atoms with Crippen LogP contribution in [0.4, 0.5) is 0 Å². The molecule has 0 heterocycles. The number of carbonyl (C=O) groups excluding carboxylic acids is 1. The molecular formula is C38H79NO2. The van der Waals surface area contributed by atoms with Gasteiger partial charge in [0.2, 0.25) is 0 Å². The second-order valence-electron chi connectivity index (χ2n) is 13.8. The van der Waals surface area contributed by atoms with Gasteiger partial charge >= 0.3 is 0 Å². The first kappa shape index (κ1) is 42.6. The van der Waals surface area contributed by atoms with Gasteiger partial charge in [0, 0.05) is 11.4 Å². The van der Waals surface area contributed by atoms with Gasteiger partial charge in [0.25, 0.3) is 0 Å². The third-order valence-corrected chi connectivity index (χ3v) is 9.97. The molecule has 0 saturated carbocycles. The lowest BCUT2D eigenvalue weighted by atomic mass is 9.64. The molecule has 3 heteroatoms. The summed E-state index contributed by atoms with van der Waals surface area (Å²) in [6, 6.07) is 0. The van der Waals surface area contributed by atoms with E-state index in [1.165, 1.54) is 167 Å². The van der Waals surface area contributed by atoms with E-state index in [-0.39, 0.29) is 18.0 Å². The van der Waals surface area contributed by atoms with E-state index in [1.54, 1.807) is 0 Å². The zero-order valence-electron chi connectivity index (χ0n) is 29.5. The molecule has 0 radical (unpaired) electrons. The molecule has 0 aliphatic carbocycles. The van der Waals surface area contributed by atoms with Crippen LogP contribution in [0.2, 0.25) is 0 Å². The molecule has 0 spiro atoms. The highest BCUT2D eigenvalue weighted by molar-refractivity contribution is 5.73. The van der Waals surface area contributed by atoms with Gasteiger partial charge in [-0.25, -0.2) is 0 Å². The minimum absolute atomic E-state index is 0. The molecule has 248 valence electrons. The normalized spacial score (nSPS) is 13.7. The van der Waals surface area contributed by atoms with Crippen LogP contribution in [0.25, 0.3) is 0 Å². The van der Waals surface area contributed by atoms with Gasteiger partial charge < -0.3 is 16.1 Å². The van der Waals surface area contributed by atoms with Crippen LogP contribution in [0.5, 0.6) is 0 Å². The van der Waals surface area contributed by atoms with E-state index in [1.807, 2.05) is 0 Å². The predicted octanol–water partition coefficient (Wildman–Crippen LogP) is 12.7. The fourth-order valence-corrected chi connectivity index (χ4v) is 6.98. The number of aliphatic carboxylic acids is 1. The zero-order chi connectivity index (χ0) is 29.7. The van der Waals surface area contributed by atoms with Crippen molar-refractivity contribution in [3.8, 4) is 0 Å². The molecule has 0 amide bonds. The molecule has 0 aromatic rings. The second-order valence-corrected chi connectivity index (χ2v) is 13.8. The number of hydrogen-bond acceptors (Lipinski definition) is 2. The van der Waals surface area contributed by atoms with Crippen molar-refractivity contribution < 1.29 is 9.90 Å². The number of quaternary nitrogens is 1. The van der Waals surface area contributed by atoms with Crippen molar-refractivity contribution in [3.63, 3.8) is 0 Å². The Bertz CT molecular complexity index is 534. The molecule has 0 bridgehead atoms. The third-order valence-electron chi connectivity index (χ3n) is 9.97. The van der Waals surface area contributed by atoms with Crippen molar-refractivity contribution in [2.45, 2.75) is 221 Å². The Morgan fingerprint density at radius 2 is 0.756 bits per heavy atom. The number of rotatable bonds is 32. The first-order valence-corrected chi connectivity index (χ1v) is 18.6. The maximum absolute atomic E-state index is 12.5. The Morgan fingerprint density at radius 1 is 0.488 bits per heavy atom. The van der Waals surface area contributed by atoms with Crippen molar-refractivity contribution in [1.82, 2.24) is 6.15 Å². The van der Waals surface area contributed by atoms with Crippen molar-refractivity contribution in [2.24, 2.45) is 17.3 Å². The van der Waals surface area contributed by atoms with Crippen LogP contribution in [0.15, 0.2) is 0 Å². The highest BCUT2D eigenvalue weighted by Crippen LogP contribution is 2.43. The lowest BCUT2D eigenvalue weighted by Gasteiger charge is -2.44. The summed E-state index contributed by atoms with van der Waals surface area (Å²) in [4.78, 5) is 12.5. The molecule has 0 aromatic heterocycles. The van der Waals surface area contributed by atoms with Gasteiger partial charge in [-0.1, -0.05) is 208 Å². The number of hydrogen-bond donors (Lipinski definition) is 1. The van der Waals surface area contributed by atoms with Crippen molar-refractivity contribution in [1.29, 1.82) is 0 Å². The smallest absolute Gasteiger partial charge is 0.0481 e. The quantitative estimate of drug-likeness (QED) is 0.0802. The number of carboxylic acid groups (broad SMARTS) is 1. The summed E-state index contributed by atoms with van der Waals surface area (Å²) in [5, 5.41) is 12.5. The molecule has 2 atom stereocenters. The van der Waals surface area contributed by atoms with Crippen LogP contribution in [-0.4, -0.2) is 5.97 Å². The lowest BCUT2D eigenvalue weighted by Crippen LogP contribution is -2.50. The molecular weight excluding hydrogens is 502 g/mol. The minimum Gasteiger partial charge on any atom is -0.550 e. The Morgan fingerprint density at radius 3 is 1.02 bits per heavy atom. The SMILES string of the molecule is CCCCCCCCCCCCCCCCC(C(=O)[O-])(C(C)C)C(C)CCCCCCCCCCCCCCC.[NH4+]. The number of unbranched alkanes of at least 4 members (excludes halogenated alkanes) is 25. The van der Waals surface area contributed by atoms with Crippen LogP contribution in [-0.2, 0) is 4.79 Å². The summed E-state index contributed by atoms with van der Waals surface area (Å²) >= 11 is 0.